The van der Waals surface area contributed by atoms with Gasteiger partial charge in [-0.2, -0.15) is 0 Å². The first kappa shape index (κ1) is 29.7. The maximum Gasteiger partial charge on any atom is 0.264 e. The number of rotatable bonds is 13. The van der Waals surface area contributed by atoms with Crippen LogP contribution >= 0.6 is 0 Å². The standard InChI is InChI=1S/C30H37N3O5S/c1-5-6-19-31-30(35)24(3)32(21-25-11-10-12-27(20-25)38-4)29(34)22-33(26-17-15-23(2)16-18-26)39(36,37)28-13-8-7-9-14-28/h7-18,20,24H,5-6,19,21-22H2,1-4H3,(H,31,35). The van der Waals surface area contributed by atoms with Gasteiger partial charge in [-0.1, -0.05) is 61.4 Å². The lowest BCUT2D eigenvalue weighted by molar-refractivity contribution is -0.139. The molecule has 3 aromatic carbocycles. The zero-order valence-electron chi connectivity index (χ0n) is 23.0. The van der Waals surface area contributed by atoms with Gasteiger partial charge in [0.05, 0.1) is 17.7 Å². The van der Waals surface area contributed by atoms with E-state index in [2.05, 4.69) is 5.32 Å². The number of aryl methyl sites for hydroxylation is 1. The van der Waals surface area contributed by atoms with Crippen molar-refractivity contribution in [1.29, 1.82) is 0 Å². The molecular formula is C30H37N3O5S. The number of amides is 2. The molecule has 0 saturated heterocycles. The molecule has 0 bridgehead atoms. The van der Waals surface area contributed by atoms with Gasteiger partial charge in [-0.15, -0.1) is 0 Å². The Morgan fingerprint density at radius 3 is 2.31 bits per heavy atom. The van der Waals surface area contributed by atoms with Crippen molar-refractivity contribution >= 4 is 27.5 Å². The lowest BCUT2D eigenvalue weighted by Crippen LogP contribution is -2.51. The van der Waals surface area contributed by atoms with Gasteiger partial charge in [-0.05, 0) is 62.2 Å². The molecule has 1 unspecified atom stereocenters. The number of nitrogens with one attached hydrogen (secondary N) is 1. The number of ether oxygens (including phenoxy) is 1. The first-order valence-corrected chi connectivity index (χ1v) is 14.5. The van der Waals surface area contributed by atoms with E-state index in [1.807, 2.05) is 19.9 Å². The van der Waals surface area contributed by atoms with Gasteiger partial charge in [-0.3, -0.25) is 13.9 Å². The topological polar surface area (TPSA) is 96.0 Å². The molecule has 1 atom stereocenters. The summed E-state index contributed by atoms with van der Waals surface area (Å²) >= 11 is 0. The van der Waals surface area contributed by atoms with E-state index < -0.39 is 28.5 Å². The average Bonchev–Trinajstić information content (AvgIpc) is 2.95. The first-order chi connectivity index (χ1) is 18.7. The summed E-state index contributed by atoms with van der Waals surface area (Å²) in [6.07, 6.45) is 1.74. The van der Waals surface area contributed by atoms with Crippen molar-refractivity contribution in [2.45, 2.75) is 51.1 Å². The van der Waals surface area contributed by atoms with Crippen molar-refractivity contribution in [3.05, 3.63) is 90.0 Å². The maximum absolute atomic E-state index is 13.9. The highest BCUT2D eigenvalue weighted by molar-refractivity contribution is 7.92. The molecule has 0 saturated carbocycles. The van der Waals surface area contributed by atoms with Gasteiger partial charge in [0.15, 0.2) is 0 Å². The first-order valence-electron chi connectivity index (χ1n) is 13.0. The SMILES string of the molecule is CCCCNC(=O)C(C)N(Cc1cccc(OC)c1)C(=O)CN(c1ccc(C)cc1)S(=O)(=O)c1ccccc1. The van der Waals surface area contributed by atoms with E-state index in [0.717, 1.165) is 28.3 Å². The number of methoxy groups -OCH3 is 1. The third kappa shape index (κ3) is 7.83. The Hall–Kier alpha value is -3.85. The molecule has 8 nitrogen and oxygen atoms in total. The predicted octanol–water partition coefficient (Wildman–Crippen LogP) is 4.53. The molecule has 3 aromatic rings. The Kier molecular flexibility index (Phi) is 10.5. The van der Waals surface area contributed by atoms with Crippen LogP contribution in [0.25, 0.3) is 0 Å². The molecule has 39 heavy (non-hydrogen) atoms. The Bertz CT molecular complexity index is 1340. The highest BCUT2D eigenvalue weighted by atomic mass is 32.2. The van der Waals surface area contributed by atoms with Crippen molar-refractivity contribution in [3.8, 4) is 5.75 Å². The van der Waals surface area contributed by atoms with E-state index in [1.165, 1.54) is 17.0 Å². The fourth-order valence-corrected chi connectivity index (χ4v) is 5.48. The monoisotopic (exact) mass is 551 g/mol. The molecule has 1 N–H and O–H groups in total. The summed E-state index contributed by atoms with van der Waals surface area (Å²) in [7, 11) is -2.52. The van der Waals surface area contributed by atoms with Crippen LogP contribution in [0.2, 0.25) is 0 Å². The van der Waals surface area contributed by atoms with Crippen LogP contribution < -0.4 is 14.4 Å². The summed E-state index contributed by atoms with van der Waals surface area (Å²) in [6.45, 7) is 5.71. The van der Waals surface area contributed by atoms with E-state index in [0.29, 0.717) is 18.0 Å². The summed E-state index contributed by atoms with van der Waals surface area (Å²) in [6, 6.07) is 21.3. The van der Waals surface area contributed by atoms with Gasteiger partial charge in [0.1, 0.15) is 18.3 Å². The van der Waals surface area contributed by atoms with E-state index in [1.54, 1.807) is 74.7 Å². The van der Waals surface area contributed by atoms with Crippen molar-refractivity contribution in [2.75, 3.05) is 24.5 Å². The van der Waals surface area contributed by atoms with E-state index in [4.69, 9.17) is 4.74 Å². The van der Waals surface area contributed by atoms with Crippen LogP contribution in [-0.2, 0) is 26.2 Å². The van der Waals surface area contributed by atoms with Crippen LogP contribution in [0.15, 0.2) is 83.8 Å². The van der Waals surface area contributed by atoms with Gasteiger partial charge in [0.25, 0.3) is 10.0 Å². The van der Waals surface area contributed by atoms with Gasteiger partial charge in [0.2, 0.25) is 11.8 Å². The average molecular weight is 552 g/mol. The van der Waals surface area contributed by atoms with Crippen molar-refractivity contribution in [1.82, 2.24) is 10.2 Å². The maximum atomic E-state index is 13.9. The minimum atomic E-state index is -4.08. The third-order valence-corrected chi connectivity index (χ3v) is 8.20. The van der Waals surface area contributed by atoms with E-state index >= 15 is 0 Å². The smallest absolute Gasteiger partial charge is 0.264 e. The fourth-order valence-electron chi connectivity index (χ4n) is 4.05. The molecule has 0 aliphatic carbocycles. The van der Waals surface area contributed by atoms with Crippen LogP contribution in [0, 0.1) is 6.92 Å². The van der Waals surface area contributed by atoms with Crippen molar-refractivity contribution in [2.24, 2.45) is 0 Å². The van der Waals surface area contributed by atoms with Gasteiger partial charge >= 0.3 is 0 Å². The molecule has 3 rings (SSSR count). The van der Waals surface area contributed by atoms with E-state index in [9.17, 15) is 18.0 Å². The minimum absolute atomic E-state index is 0.0723. The summed E-state index contributed by atoms with van der Waals surface area (Å²) in [5.74, 6) is -0.184. The molecule has 0 heterocycles. The zero-order valence-corrected chi connectivity index (χ0v) is 23.8. The Morgan fingerprint density at radius 2 is 1.67 bits per heavy atom. The molecule has 0 fully saturated rings. The second-order valence-corrected chi connectivity index (χ2v) is 11.2. The van der Waals surface area contributed by atoms with Gasteiger partial charge < -0.3 is 15.0 Å². The predicted molar refractivity (Wildman–Crippen MR) is 153 cm³/mol. The summed E-state index contributed by atoms with van der Waals surface area (Å²) in [5.41, 5.74) is 2.07. The van der Waals surface area contributed by atoms with E-state index in [-0.39, 0.29) is 17.3 Å². The van der Waals surface area contributed by atoms with Crippen LogP contribution in [-0.4, -0.2) is 51.4 Å². The zero-order chi connectivity index (χ0) is 28.4. The van der Waals surface area contributed by atoms with Crippen LogP contribution in [0.1, 0.15) is 37.8 Å². The van der Waals surface area contributed by atoms with Crippen LogP contribution in [0.4, 0.5) is 5.69 Å². The number of nitrogens with zero attached hydrogens (tertiary/aromatic N) is 2. The highest BCUT2D eigenvalue weighted by Crippen LogP contribution is 2.25. The molecule has 2 amide bonds. The van der Waals surface area contributed by atoms with Crippen molar-refractivity contribution in [3.63, 3.8) is 0 Å². The summed E-state index contributed by atoms with van der Waals surface area (Å²) < 4.78 is 33.9. The van der Waals surface area contributed by atoms with Gasteiger partial charge in [0, 0.05) is 13.1 Å². The Morgan fingerprint density at radius 1 is 0.974 bits per heavy atom. The number of benzene rings is 3. The van der Waals surface area contributed by atoms with Crippen LogP contribution in [0.3, 0.4) is 0 Å². The molecule has 0 radical (unpaired) electrons. The van der Waals surface area contributed by atoms with Crippen molar-refractivity contribution < 1.29 is 22.7 Å². The highest BCUT2D eigenvalue weighted by Gasteiger charge is 2.32. The summed E-state index contributed by atoms with van der Waals surface area (Å²) in [4.78, 5) is 28.4. The number of unbranched alkanes of at least 4 members (excludes halogenated alkanes) is 1. The quantitative estimate of drug-likeness (QED) is 0.315. The number of hydrogen-bond donors (Lipinski definition) is 1. The lowest BCUT2D eigenvalue weighted by Gasteiger charge is -2.32. The molecule has 0 spiro atoms. The molecule has 0 aliphatic rings. The number of sulfonamides is 1. The molecule has 0 aromatic heterocycles. The summed E-state index contributed by atoms with van der Waals surface area (Å²) in [5, 5.41) is 2.88. The number of anilines is 1. The third-order valence-electron chi connectivity index (χ3n) is 6.42. The Labute approximate surface area is 231 Å². The Balaban J connectivity index is 1.99. The minimum Gasteiger partial charge on any atom is -0.497 e. The number of carbonyl (C=O) groups is 2. The fraction of sp³-hybridized carbons (Fsp3) is 0.333. The molecular weight excluding hydrogens is 514 g/mol. The number of carbonyl (C=O) groups excluding carboxylic acids is 2. The molecule has 208 valence electrons. The molecule has 9 heteroatoms. The second-order valence-electron chi connectivity index (χ2n) is 9.35. The largest absolute Gasteiger partial charge is 0.497 e. The normalized spacial score (nSPS) is 11.9. The number of hydrogen-bond acceptors (Lipinski definition) is 5. The molecule has 0 aliphatic heterocycles. The lowest BCUT2D eigenvalue weighted by atomic mass is 10.1. The second kappa shape index (κ2) is 13.8. The van der Waals surface area contributed by atoms with Crippen LogP contribution in [0.5, 0.6) is 5.75 Å². The van der Waals surface area contributed by atoms with Gasteiger partial charge in [-0.25, -0.2) is 8.42 Å².